The second-order valence-corrected chi connectivity index (χ2v) is 3.59. The molecule has 1 N–H and O–H groups in total. The van der Waals surface area contributed by atoms with Gasteiger partial charge in [-0.15, -0.1) is 0 Å². The molecule has 0 saturated heterocycles. The molecule has 2 rings (SSSR count). The first-order valence-corrected chi connectivity index (χ1v) is 5.39. The Morgan fingerprint density at radius 1 is 1.21 bits per heavy atom. The predicted octanol–water partition coefficient (Wildman–Crippen LogP) is 3.31. The van der Waals surface area contributed by atoms with Gasteiger partial charge in [-0.1, -0.05) is 0 Å². The monoisotopic (exact) mass is 258 g/mol. The maximum absolute atomic E-state index is 10.4. The van der Waals surface area contributed by atoms with Gasteiger partial charge in [0.25, 0.3) is 0 Å². The number of hydrogen-bond acceptors (Lipinski definition) is 5. The van der Waals surface area contributed by atoms with Crippen LogP contribution >= 0.6 is 0 Å². The summed E-state index contributed by atoms with van der Waals surface area (Å²) in [6.07, 6.45) is 4.70. The van der Waals surface area contributed by atoms with Crippen molar-refractivity contribution in [2.45, 2.75) is 0 Å². The molecule has 0 spiro atoms. The van der Waals surface area contributed by atoms with Gasteiger partial charge in [0.1, 0.15) is 16.4 Å². The van der Waals surface area contributed by atoms with E-state index in [0.717, 1.165) is 0 Å². The quantitative estimate of drug-likeness (QED) is 0.517. The summed E-state index contributed by atoms with van der Waals surface area (Å²) in [6, 6.07) is 9.19. The summed E-state index contributed by atoms with van der Waals surface area (Å²) in [5.41, 5.74) is 0.688. The Balaban J connectivity index is 1.99. The van der Waals surface area contributed by atoms with Crippen molar-refractivity contribution >= 4 is 23.9 Å². The molecule has 19 heavy (non-hydrogen) atoms. The van der Waals surface area contributed by atoms with E-state index in [1.165, 1.54) is 30.5 Å². The third-order valence-corrected chi connectivity index (χ3v) is 2.21. The third-order valence-electron chi connectivity index (χ3n) is 2.21. The smallest absolute Gasteiger partial charge is 0.433 e. The lowest BCUT2D eigenvalue weighted by Gasteiger charge is -1.92. The molecule has 0 radical (unpaired) electrons. The minimum absolute atomic E-state index is 0.178. The highest BCUT2D eigenvalue weighted by atomic mass is 16.6. The minimum Gasteiger partial charge on any atom is -0.508 e. The highest BCUT2D eigenvalue weighted by Crippen LogP contribution is 2.17. The van der Waals surface area contributed by atoms with Crippen LogP contribution in [0.25, 0.3) is 6.08 Å². The van der Waals surface area contributed by atoms with Crippen LogP contribution in [0.15, 0.2) is 51.9 Å². The summed E-state index contributed by atoms with van der Waals surface area (Å²) >= 11 is 0. The summed E-state index contributed by atoms with van der Waals surface area (Å²) in [6.45, 7) is 0. The summed E-state index contributed by atoms with van der Waals surface area (Å²) in [5, 5.41) is 19.5. The minimum atomic E-state index is -0.595. The fourth-order valence-corrected chi connectivity index (χ4v) is 1.34. The number of phenols is 1. The number of hydrogen-bond donors (Lipinski definition) is 1. The Bertz CT molecular complexity index is 626. The van der Waals surface area contributed by atoms with Crippen molar-refractivity contribution in [1.82, 2.24) is 0 Å². The summed E-state index contributed by atoms with van der Waals surface area (Å²) in [5.74, 6) is 0.261. The van der Waals surface area contributed by atoms with Crippen LogP contribution in [0.5, 0.6) is 5.75 Å². The molecule has 0 aliphatic rings. The van der Waals surface area contributed by atoms with Crippen molar-refractivity contribution in [3.63, 3.8) is 0 Å². The molecule has 0 unspecified atom stereocenters. The molecule has 2 aromatic rings. The van der Waals surface area contributed by atoms with E-state index >= 15 is 0 Å². The van der Waals surface area contributed by atoms with E-state index in [-0.39, 0.29) is 11.6 Å². The van der Waals surface area contributed by atoms with Crippen LogP contribution in [0.2, 0.25) is 0 Å². The molecule has 6 nitrogen and oxygen atoms in total. The third kappa shape index (κ3) is 3.53. The van der Waals surface area contributed by atoms with Crippen LogP contribution in [0, 0.1) is 10.1 Å². The number of nitrogens with zero attached hydrogens (tertiary/aromatic N) is 2. The molecule has 0 bridgehead atoms. The van der Waals surface area contributed by atoms with Crippen LogP contribution in [0.1, 0.15) is 5.76 Å². The standard InChI is InChI=1S/C13H10N2O4/c16-11-5-3-10(4-6-11)14-9-1-2-12-7-8-13(19-12)15(17)18/h1-9,16H/b2-1+,14-9?. The zero-order valence-electron chi connectivity index (χ0n) is 9.76. The number of aliphatic imine (C=N–C) groups is 1. The number of nitro groups is 1. The van der Waals surface area contributed by atoms with Crippen molar-refractivity contribution in [3.05, 3.63) is 58.3 Å². The van der Waals surface area contributed by atoms with Crippen molar-refractivity contribution in [2.75, 3.05) is 0 Å². The van der Waals surface area contributed by atoms with Gasteiger partial charge in [-0.25, -0.2) is 0 Å². The van der Waals surface area contributed by atoms with E-state index in [0.29, 0.717) is 11.4 Å². The Labute approximate surface area is 108 Å². The van der Waals surface area contributed by atoms with Crippen LogP contribution in [-0.2, 0) is 0 Å². The first-order valence-electron chi connectivity index (χ1n) is 5.39. The largest absolute Gasteiger partial charge is 0.508 e. The fraction of sp³-hybridized carbons (Fsp3) is 0. The van der Waals surface area contributed by atoms with E-state index in [4.69, 9.17) is 9.52 Å². The van der Waals surface area contributed by atoms with Gasteiger partial charge in [0.2, 0.25) is 0 Å². The SMILES string of the molecule is O=[N+]([O-])c1ccc(/C=C/C=Nc2ccc(O)cc2)o1. The lowest BCUT2D eigenvalue weighted by molar-refractivity contribution is -0.402. The van der Waals surface area contributed by atoms with Gasteiger partial charge in [0.05, 0.1) is 11.8 Å². The van der Waals surface area contributed by atoms with E-state index in [1.54, 1.807) is 24.3 Å². The molecule has 1 heterocycles. The second kappa shape index (κ2) is 5.63. The van der Waals surface area contributed by atoms with Crippen LogP contribution in [-0.4, -0.2) is 16.2 Å². The summed E-state index contributed by atoms with van der Waals surface area (Å²) in [4.78, 5) is 13.9. The number of benzene rings is 1. The summed E-state index contributed by atoms with van der Waals surface area (Å²) < 4.78 is 4.93. The van der Waals surface area contributed by atoms with Crippen molar-refractivity contribution in [2.24, 2.45) is 4.99 Å². The molecule has 0 atom stereocenters. The lowest BCUT2D eigenvalue weighted by atomic mass is 10.3. The average molecular weight is 258 g/mol. The number of allylic oxidation sites excluding steroid dienone is 1. The molecule has 0 aliphatic carbocycles. The number of phenolic OH excluding ortho intramolecular Hbond substituents is 1. The normalized spacial score (nSPS) is 11.4. The van der Waals surface area contributed by atoms with Crippen molar-refractivity contribution in [3.8, 4) is 5.75 Å². The van der Waals surface area contributed by atoms with Crippen molar-refractivity contribution in [1.29, 1.82) is 0 Å². The first-order chi connectivity index (χ1) is 9.15. The van der Waals surface area contributed by atoms with Crippen LogP contribution in [0.3, 0.4) is 0 Å². The van der Waals surface area contributed by atoms with Gasteiger partial charge in [-0.05, 0) is 42.5 Å². The molecular weight excluding hydrogens is 248 g/mol. The van der Waals surface area contributed by atoms with Gasteiger partial charge in [-0.3, -0.25) is 15.1 Å². The fourth-order valence-electron chi connectivity index (χ4n) is 1.34. The lowest BCUT2D eigenvalue weighted by Crippen LogP contribution is -1.82. The Morgan fingerprint density at radius 3 is 2.58 bits per heavy atom. The Morgan fingerprint density at radius 2 is 1.95 bits per heavy atom. The molecule has 0 amide bonds. The highest BCUT2D eigenvalue weighted by Gasteiger charge is 2.09. The molecule has 1 aromatic carbocycles. The molecule has 0 aliphatic heterocycles. The number of aromatic hydroxyl groups is 1. The van der Waals surface area contributed by atoms with Gasteiger partial charge in [0.15, 0.2) is 0 Å². The topological polar surface area (TPSA) is 88.9 Å². The maximum atomic E-state index is 10.4. The summed E-state index contributed by atoms with van der Waals surface area (Å²) in [7, 11) is 0. The van der Waals surface area contributed by atoms with Gasteiger partial charge in [0, 0.05) is 6.21 Å². The van der Waals surface area contributed by atoms with Gasteiger partial charge in [-0.2, -0.15) is 0 Å². The predicted molar refractivity (Wildman–Crippen MR) is 70.7 cm³/mol. The maximum Gasteiger partial charge on any atom is 0.433 e. The highest BCUT2D eigenvalue weighted by molar-refractivity contribution is 5.79. The molecular formula is C13H10N2O4. The molecule has 0 saturated carbocycles. The molecule has 1 aromatic heterocycles. The van der Waals surface area contributed by atoms with E-state index in [1.807, 2.05) is 0 Å². The molecule has 96 valence electrons. The molecule has 6 heteroatoms. The van der Waals surface area contributed by atoms with Gasteiger partial charge >= 0.3 is 5.88 Å². The molecule has 0 fully saturated rings. The number of furan rings is 1. The Hall–Kier alpha value is -2.89. The average Bonchev–Trinajstić information content (AvgIpc) is 2.86. The van der Waals surface area contributed by atoms with E-state index in [2.05, 4.69) is 4.99 Å². The van der Waals surface area contributed by atoms with E-state index < -0.39 is 4.92 Å². The van der Waals surface area contributed by atoms with E-state index in [9.17, 15) is 10.1 Å². The van der Waals surface area contributed by atoms with Crippen LogP contribution in [0.4, 0.5) is 11.6 Å². The second-order valence-electron chi connectivity index (χ2n) is 3.59. The van der Waals surface area contributed by atoms with Crippen molar-refractivity contribution < 1.29 is 14.4 Å². The van der Waals surface area contributed by atoms with Crippen LogP contribution < -0.4 is 0 Å². The zero-order chi connectivity index (χ0) is 13.7. The number of rotatable bonds is 4. The zero-order valence-corrected chi connectivity index (χ0v) is 9.76. The first kappa shape index (κ1) is 12.6. The van der Waals surface area contributed by atoms with Gasteiger partial charge < -0.3 is 9.52 Å². The Kier molecular flexibility index (Phi) is 3.72.